The summed E-state index contributed by atoms with van der Waals surface area (Å²) in [7, 11) is 0. The van der Waals surface area contributed by atoms with Crippen LogP contribution in [0.2, 0.25) is 0 Å². The molecule has 0 amide bonds. The molecule has 1 N–H and O–H groups in total. The van der Waals surface area contributed by atoms with Crippen LogP contribution in [0.4, 0.5) is 5.69 Å². The van der Waals surface area contributed by atoms with Gasteiger partial charge in [0, 0.05) is 24.8 Å². The Labute approximate surface area is 123 Å². The van der Waals surface area contributed by atoms with Crippen molar-refractivity contribution in [2.24, 2.45) is 0 Å². The lowest BCUT2D eigenvalue weighted by Crippen LogP contribution is -2.39. The summed E-state index contributed by atoms with van der Waals surface area (Å²) in [5, 5.41) is 3.65. The van der Waals surface area contributed by atoms with Gasteiger partial charge in [-0.15, -0.1) is 6.42 Å². The SMILES string of the molecule is C#CCN1CCC(Nc2ccc(CCCC)cc2)CC1. The number of nitrogens with zero attached hydrogens (tertiary/aromatic N) is 1. The first-order chi connectivity index (χ1) is 9.81. The molecular formula is C18H26N2. The molecule has 1 fully saturated rings. The van der Waals surface area contributed by atoms with E-state index in [2.05, 4.69) is 47.3 Å². The van der Waals surface area contributed by atoms with Crippen molar-refractivity contribution in [3.8, 4) is 12.3 Å². The number of piperidine rings is 1. The summed E-state index contributed by atoms with van der Waals surface area (Å²) in [6.07, 6.45) is 11.5. The van der Waals surface area contributed by atoms with Gasteiger partial charge in [0.2, 0.25) is 0 Å². The number of hydrogen-bond donors (Lipinski definition) is 1. The molecule has 0 aromatic heterocycles. The molecule has 2 rings (SSSR count). The van der Waals surface area contributed by atoms with E-state index in [0.717, 1.165) is 19.6 Å². The van der Waals surface area contributed by atoms with Crippen LogP contribution in [0.5, 0.6) is 0 Å². The smallest absolute Gasteiger partial charge is 0.0598 e. The molecular weight excluding hydrogens is 244 g/mol. The highest BCUT2D eigenvalue weighted by Crippen LogP contribution is 2.17. The summed E-state index contributed by atoms with van der Waals surface area (Å²) in [5.74, 6) is 2.73. The number of benzene rings is 1. The van der Waals surface area contributed by atoms with Gasteiger partial charge in [0.25, 0.3) is 0 Å². The lowest BCUT2D eigenvalue weighted by Gasteiger charge is -2.31. The Balaban J connectivity index is 1.78. The molecule has 0 radical (unpaired) electrons. The summed E-state index contributed by atoms with van der Waals surface area (Å²) < 4.78 is 0. The Bertz CT molecular complexity index is 422. The van der Waals surface area contributed by atoms with Crippen LogP contribution in [-0.4, -0.2) is 30.6 Å². The fourth-order valence-electron chi connectivity index (χ4n) is 2.75. The van der Waals surface area contributed by atoms with Crippen LogP contribution < -0.4 is 5.32 Å². The van der Waals surface area contributed by atoms with Gasteiger partial charge >= 0.3 is 0 Å². The number of anilines is 1. The van der Waals surface area contributed by atoms with Crippen molar-refractivity contribution >= 4 is 5.69 Å². The lowest BCUT2D eigenvalue weighted by atomic mass is 10.0. The number of aryl methyl sites for hydroxylation is 1. The van der Waals surface area contributed by atoms with Gasteiger partial charge in [-0.05, 0) is 43.4 Å². The molecule has 0 saturated carbocycles. The van der Waals surface area contributed by atoms with E-state index >= 15 is 0 Å². The number of hydrogen-bond acceptors (Lipinski definition) is 2. The van der Waals surface area contributed by atoms with Crippen molar-refractivity contribution in [2.45, 2.75) is 45.1 Å². The third-order valence-corrected chi connectivity index (χ3v) is 4.05. The maximum Gasteiger partial charge on any atom is 0.0598 e. The number of terminal acetylenes is 1. The van der Waals surface area contributed by atoms with Crippen LogP contribution in [0.1, 0.15) is 38.2 Å². The van der Waals surface area contributed by atoms with E-state index in [1.54, 1.807) is 0 Å². The first-order valence-electron chi connectivity index (χ1n) is 7.83. The first-order valence-corrected chi connectivity index (χ1v) is 7.83. The lowest BCUT2D eigenvalue weighted by molar-refractivity contribution is 0.243. The van der Waals surface area contributed by atoms with E-state index in [-0.39, 0.29) is 0 Å². The van der Waals surface area contributed by atoms with Crippen molar-refractivity contribution in [3.05, 3.63) is 29.8 Å². The maximum absolute atomic E-state index is 5.36. The van der Waals surface area contributed by atoms with Gasteiger partial charge in [0.15, 0.2) is 0 Å². The van der Waals surface area contributed by atoms with Crippen molar-refractivity contribution in [1.29, 1.82) is 0 Å². The van der Waals surface area contributed by atoms with Gasteiger partial charge in [-0.25, -0.2) is 0 Å². The Kier molecular flexibility index (Phi) is 5.95. The van der Waals surface area contributed by atoms with Crippen LogP contribution in [-0.2, 0) is 6.42 Å². The average molecular weight is 270 g/mol. The highest BCUT2D eigenvalue weighted by atomic mass is 15.1. The van der Waals surface area contributed by atoms with Crippen LogP contribution in [0.3, 0.4) is 0 Å². The van der Waals surface area contributed by atoms with Crippen molar-refractivity contribution in [2.75, 3.05) is 25.0 Å². The minimum Gasteiger partial charge on any atom is -0.382 e. The Morgan fingerprint density at radius 2 is 1.95 bits per heavy atom. The highest BCUT2D eigenvalue weighted by molar-refractivity contribution is 5.45. The van der Waals surface area contributed by atoms with E-state index in [1.165, 1.54) is 43.4 Å². The zero-order chi connectivity index (χ0) is 14.2. The van der Waals surface area contributed by atoms with Crippen molar-refractivity contribution < 1.29 is 0 Å². The second-order valence-electron chi connectivity index (χ2n) is 5.70. The van der Waals surface area contributed by atoms with Gasteiger partial charge in [0.05, 0.1) is 6.54 Å². The molecule has 0 atom stereocenters. The standard InChI is InChI=1S/C18H26N2/c1-3-5-6-16-7-9-17(10-8-16)19-18-11-14-20(13-4-2)15-12-18/h2,7-10,18-19H,3,5-6,11-15H2,1H3. The molecule has 1 aliphatic rings. The Hall–Kier alpha value is -1.46. The number of likely N-dealkylation sites (tertiary alicyclic amines) is 1. The monoisotopic (exact) mass is 270 g/mol. The summed E-state index contributed by atoms with van der Waals surface area (Å²) in [6, 6.07) is 9.54. The number of nitrogens with one attached hydrogen (secondary N) is 1. The predicted molar refractivity (Wildman–Crippen MR) is 87.0 cm³/mol. The van der Waals surface area contributed by atoms with Gasteiger partial charge in [-0.3, -0.25) is 4.90 Å². The minimum atomic E-state index is 0.588. The van der Waals surface area contributed by atoms with Gasteiger partial charge in [-0.2, -0.15) is 0 Å². The second kappa shape index (κ2) is 7.97. The average Bonchev–Trinajstić information content (AvgIpc) is 2.49. The quantitative estimate of drug-likeness (QED) is 0.795. The van der Waals surface area contributed by atoms with E-state index < -0.39 is 0 Å². The molecule has 0 unspecified atom stereocenters. The first kappa shape index (κ1) is 14.9. The van der Waals surface area contributed by atoms with E-state index in [9.17, 15) is 0 Å². The third-order valence-electron chi connectivity index (χ3n) is 4.05. The Morgan fingerprint density at radius 1 is 1.25 bits per heavy atom. The largest absolute Gasteiger partial charge is 0.382 e. The zero-order valence-corrected chi connectivity index (χ0v) is 12.6. The molecule has 1 aliphatic heterocycles. The maximum atomic E-state index is 5.36. The highest BCUT2D eigenvalue weighted by Gasteiger charge is 2.17. The molecule has 20 heavy (non-hydrogen) atoms. The van der Waals surface area contributed by atoms with E-state index in [0.29, 0.717) is 6.04 Å². The fraction of sp³-hybridized carbons (Fsp3) is 0.556. The summed E-state index contributed by atoms with van der Waals surface area (Å²) in [6.45, 7) is 5.24. The summed E-state index contributed by atoms with van der Waals surface area (Å²) >= 11 is 0. The van der Waals surface area contributed by atoms with Gasteiger partial charge < -0.3 is 5.32 Å². The molecule has 0 spiro atoms. The fourth-order valence-corrected chi connectivity index (χ4v) is 2.75. The number of unbranched alkanes of at least 4 members (excludes halogenated alkanes) is 1. The van der Waals surface area contributed by atoms with Crippen LogP contribution >= 0.6 is 0 Å². The topological polar surface area (TPSA) is 15.3 Å². The molecule has 1 saturated heterocycles. The van der Waals surface area contributed by atoms with Gasteiger partial charge in [-0.1, -0.05) is 31.4 Å². The van der Waals surface area contributed by atoms with Crippen molar-refractivity contribution in [3.63, 3.8) is 0 Å². The molecule has 1 aromatic rings. The molecule has 1 aromatic carbocycles. The van der Waals surface area contributed by atoms with Gasteiger partial charge in [0.1, 0.15) is 0 Å². The Morgan fingerprint density at radius 3 is 2.55 bits per heavy atom. The molecule has 2 nitrogen and oxygen atoms in total. The van der Waals surface area contributed by atoms with E-state index in [1.807, 2.05) is 0 Å². The normalized spacial score (nSPS) is 16.8. The zero-order valence-electron chi connectivity index (χ0n) is 12.6. The van der Waals surface area contributed by atoms with Crippen LogP contribution in [0, 0.1) is 12.3 Å². The molecule has 0 aliphatic carbocycles. The molecule has 1 heterocycles. The second-order valence-corrected chi connectivity index (χ2v) is 5.70. The van der Waals surface area contributed by atoms with Crippen LogP contribution in [0.25, 0.3) is 0 Å². The molecule has 2 heteroatoms. The third kappa shape index (κ3) is 4.58. The molecule has 108 valence electrons. The minimum absolute atomic E-state index is 0.588. The van der Waals surface area contributed by atoms with E-state index in [4.69, 9.17) is 6.42 Å². The number of rotatable bonds is 6. The summed E-state index contributed by atoms with van der Waals surface area (Å²) in [5.41, 5.74) is 2.70. The molecule has 0 bridgehead atoms. The van der Waals surface area contributed by atoms with Crippen molar-refractivity contribution in [1.82, 2.24) is 4.90 Å². The predicted octanol–water partition coefficient (Wildman–Crippen LogP) is 3.54. The van der Waals surface area contributed by atoms with Crippen LogP contribution in [0.15, 0.2) is 24.3 Å². The summed E-state index contributed by atoms with van der Waals surface area (Å²) in [4.78, 5) is 2.35.